The van der Waals surface area contributed by atoms with Gasteiger partial charge in [-0.1, -0.05) is 42.8 Å². The van der Waals surface area contributed by atoms with Gasteiger partial charge in [-0.2, -0.15) is 13.2 Å². The zero-order valence-corrected chi connectivity index (χ0v) is 21.2. The average Bonchev–Trinajstić information content (AvgIpc) is 3.15. The number of rotatable bonds is 6. The predicted molar refractivity (Wildman–Crippen MR) is 133 cm³/mol. The van der Waals surface area contributed by atoms with Gasteiger partial charge in [-0.3, -0.25) is 4.57 Å². The number of hydrogen-bond acceptors (Lipinski definition) is 5. The maximum atomic E-state index is 14.4. The molecule has 3 aromatic carbocycles. The third kappa shape index (κ3) is 4.58. The molecule has 1 aromatic heterocycles. The number of halogens is 5. The molecule has 0 aliphatic rings. The van der Waals surface area contributed by atoms with Gasteiger partial charge in [-0.25, -0.2) is 14.0 Å². The molecule has 2 unspecified atom stereocenters. The molecule has 200 valence electrons. The molecule has 0 saturated heterocycles. The topological polar surface area (TPSA) is 81.7 Å². The number of esters is 1. The molecule has 0 aliphatic heterocycles. The van der Waals surface area contributed by atoms with Gasteiger partial charge in [-0.05, 0) is 59.5 Å². The zero-order chi connectivity index (χ0) is 28.0. The van der Waals surface area contributed by atoms with Crippen LogP contribution in [0.5, 0.6) is 0 Å². The van der Waals surface area contributed by atoms with E-state index in [1.54, 1.807) is 6.92 Å². The molecule has 11 heteroatoms. The number of nitrogens with zero attached hydrogens (tertiary/aromatic N) is 1. The summed E-state index contributed by atoms with van der Waals surface area (Å²) in [5.74, 6) is -4.00. The van der Waals surface area contributed by atoms with Gasteiger partial charge >= 0.3 is 17.9 Å². The van der Waals surface area contributed by atoms with Crippen molar-refractivity contribution in [1.29, 1.82) is 0 Å². The highest BCUT2D eigenvalue weighted by atomic mass is 35.5. The average molecular weight is 552 g/mol. The Balaban J connectivity index is 1.77. The fraction of sp³-hybridized carbons (Fsp3) is 0.259. The predicted octanol–water partition coefficient (Wildman–Crippen LogP) is 6.32. The molecule has 1 heterocycles. The fourth-order valence-electron chi connectivity index (χ4n) is 4.38. The van der Waals surface area contributed by atoms with Crippen molar-refractivity contribution in [1.82, 2.24) is 4.57 Å². The minimum atomic E-state index is -5.14. The lowest BCUT2D eigenvalue weighted by Crippen LogP contribution is -2.46. The van der Waals surface area contributed by atoms with Crippen LogP contribution in [-0.4, -0.2) is 28.4 Å². The first-order chi connectivity index (χ1) is 17.8. The number of hydrogen-bond donors (Lipinski definition) is 1. The number of oxazole rings is 1. The Hall–Kier alpha value is -3.63. The summed E-state index contributed by atoms with van der Waals surface area (Å²) in [5, 5.41) is 11.1. The van der Waals surface area contributed by atoms with E-state index in [4.69, 9.17) is 20.8 Å². The van der Waals surface area contributed by atoms with E-state index in [-0.39, 0.29) is 33.9 Å². The zero-order valence-electron chi connectivity index (χ0n) is 20.4. The summed E-state index contributed by atoms with van der Waals surface area (Å²) in [6.07, 6.45) is -5.14. The van der Waals surface area contributed by atoms with E-state index in [0.717, 1.165) is 22.8 Å². The van der Waals surface area contributed by atoms with Crippen LogP contribution in [0.4, 0.5) is 17.6 Å². The van der Waals surface area contributed by atoms with Crippen LogP contribution >= 0.6 is 11.6 Å². The molecule has 0 saturated carbocycles. The van der Waals surface area contributed by atoms with Crippen molar-refractivity contribution in [3.05, 3.63) is 92.7 Å². The van der Waals surface area contributed by atoms with Crippen LogP contribution < -0.4 is 5.76 Å². The Morgan fingerprint density at radius 2 is 1.76 bits per heavy atom. The summed E-state index contributed by atoms with van der Waals surface area (Å²) in [6, 6.07) is 11.2. The SMILES string of the molecule is CCOC(=O)c1cc(-c2ccc(C(C)C(O)(c3ccc4c(c3)oc(=O)n4C)C(F)(F)F)c(Cl)c2)ccc1F. The first-order valence-corrected chi connectivity index (χ1v) is 11.8. The van der Waals surface area contributed by atoms with Crippen LogP contribution in [0.3, 0.4) is 0 Å². The summed E-state index contributed by atoms with van der Waals surface area (Å²) in [4.78, 5) is 23.9. The molecule has 0 amide bonds. The number of alkyl halides is 3. The van der Waals surface area contributed by atoms with Crippen LogP contribution in [0.2, 0.25) is 5.02 Å². The van der Waals surface area contributed by atoms with Gasteiger partial charge in [-0.15, -0.1) is 0 Å². The van der Waals surface area contributed by atoms with E-state index >= 15 is 0 Å². The Kier molecular flexibility index (Phi) is 7.15. The lowest BCUT2D eigenvalue weighted by molar-refractivity contribution is -0.274. The van der Waals surface area contributed by atoms with Crippen molar-refractivity contribution < 1.29 is 36.6 Å². The van der Waals surface area contributed by atoms with Crippen LogP contribution in [0.15, 0.2) is 63.8 Å². The van der Waals surface area contributed by atoms with Crippen molar-refractivity contribution in [2.24, 2.45) is 7.05 Å². The van der Waals surface area contributed by atoms with E-state index in [0.29, 0.717) is 11.1 Å². The number of aryl methyl sites for hydroxylation is 1. The second-order valence-corrected chi connectivity index (χ2v) is 9.15. The molecular weight excluding hydrogens is 530 g/mol. The number of ether oxygens (including phenoxy) is 1. The number of carbonyl (C=O) groups excluding carboxylic acids is 1. The van der Waals surface area contributed by atoms with E-state index in [1.807, 2.05) is 0 Å². The van der Waals surface area contributed by atoms with Crippen molar-refractivity contribution in [3.8, 4) is 11.1 Å². The second-order valence-electron chi connectivity index (χ2n) is 8.75. The number of aromatic nitrogens is 1. The summed E-state index contributed by atoms with van der Waals surface area (Å²) in [7, 11) is 1.41. The van der Waals surface area contributed by atoms with Crippen molar-refractivity contribution >= 4 is 28.7 Å². The van der Waals surface area contributed by atoms with E-state index in [2.05, 4.69) is 0 Å². The molecule has 0 fully saturated rings. The highest BCUT2D eigenvalue weighted by molar-refractivity contribution is 6.31. The third-order valence-electron chi connectivity index (χ3n) is 6.55. The number of aliphatic hydroxyl groups is 1. The molecular formula is C27H22ClF4NO5. The molecule has 38 heavy (non-hydrogen) atoms. The molecule has 1 N–H and O–H groups in total. The van der Waals surface area contributed by atoms with Gasteiger partial charge in [0, 0.05) is 18.0 Å². The molecule has 4 aromatic rings. The van der Waals surface area contributed by atoms with Crippen molar-refractivity contribution in [2.75, 3.05) is 6.61 Å². The summed E-state index contributed by atoms with van der Waals surface area (Å²) < 4.78 is 68.5. The highest BCUT2D eigenvalue weighted by Gasteiger charge is 2.59. The molecule has 2 atom stereocenters. The number of benzene rings is 3. The van der Waals surface area contributed by atoms with E-state index in [9.17, 15) is 32.3 Å². The quantitative estimate of drug-likeness (QED) is 0.224. The minimum absolute atomic E-state index is 0.0161. The Labute approximate surface area is 219 Å². The van der Waals surface area contributed by atoms with E-state index < -0.39 is 40.8 Å². The van der Waals surface area contributed by atoms with Gasteiger partial charge < -0.3 is 14.3 Å². The summed E-state index contributed by atoms with van der Waals surface area (Å²) >= 11 is 6.41. The standard InChI is InChI=1S/C27H22ClF4NO5/c1-4-37-24(34)19-11-15(6-9-21(19)29)16-5-8-18(20(28)12-16)14(2)26(36,27(30,31)32)17-7-10-22-23(13-17)38-25(35)33(22)3/h5-14,36H,4H2,1-3H3. The highest BCUT2D eigenvalue weighted by Crippen LogP contribution is 2.50. The van der Waals surface area contributed by atoms with Crippen LogP contribution in [0.25, 0.3) is 22.2 Å². The third-order valence-corrected chi connectivity index (χ3v) is 6.88. The molecule has 0 aliphatic carbocycles. The van der Waals surface area contributed by atoms with Crippen molar-refractivity contribution in [3.63, 3.8) is 0 Å². The maximum absolute atomic E-state index is 14.4. The number of carbonyl (C=O) groups is 1. The van der Waals surface area contributed by atoms with Gasteiger partial charge in [0.25, 0.3) is 0 Å². The van der Waals surface area contributed by atoms with Crippen LogP contribution in [0.1, 0.15) is 41.3 Å². The molecule has 0 spiro atoms. The van der Waals surface area contributed by atoms with Gasteiger partial charge in [0.15, 0.2) is 11.2 Å². The normalized spacial score (nSPS) is 14.3. The van der Waals surface area contributed by atoms with Gasteiger partial charge in [0.05, 0.1) is 17.7 Å². The van der Waals surface area contributed by atoms with Gasteiger partial charge in [0.2, 0.25) is 0 Å². The van der Waals surface area contributed by atoms with Crippen LogP contribution in [0, 0.1) is 5.82 Å². The monoisotopic (exact) mass is 551 g/mol. The Morgan fingerprint density at radius 3 is 2.39 bits per heavy atom. The summed E-state index contributed by atoms with van der Waals surface area (Å²) in [6.45, 7) is 2.80. The lowest BCUT2D eigenvalue weighted by Gasteiger charge is -2.37. The molecule has 0 bridgehead atoms. The first-order valence-electron chi connectivity index (χ1n) is 11.4. The maximum Gasteiger partial charge on any atom is 0.422 e. The van der Waals surface area contributed by atoms with Crippen molar-refractivity contribution in [2.45, 2.75) is 31.5 Å². The lowest BCUT2D eigenvalue weighted by atomic mass is 9.77. The smallest absolute Gasteiger partial charge is 0.422 e. The Bertz CT molecular complexity index is 1590. The Morgan fingerprint density at radius 1 is 1.11 bits per heavy atom. The minimum Gasteiger partial charge on any atom is -0.462 e. The second kappa shape index (κ2) is 9.92. The first kappa shape index (κ1) is 27.4. The number of fused-ring (bicyclic) bond motifs is 1. The summed E-state index contributed by atoms with van der Waals surface area (Å²) in [5.41, 5.74) is -3.30. The van der Waals surface area contributed by atoms with E-state index in [1.165, 1.54) is 50.4 Å². The molecule has 6 nitrogen and oxygen atoms in total. The van der Waals surface area contributed by atoms with Gasteiger partial charge in [0.1, 0.15) is 5.82 Å². The largest absolute Gasteiger partial charge is 0.462 e. The molecule has 4 rings (SSSR count). The van der Waals surface area contributed by atoms with Crippen LogP contribution in [-0.2, 0) is 17.4 Å². The fourth-order valence-corrected chi connectivity index (χ4v) is 4.73. The molecule has 0 radical (unpaired) electrons.